The molecule has 2 aromatic heterocycles. The Hall–Kier alpha value is -2.11. The summed E-state index contributed by atoms with van der Waals surface area (Å²) in [5, 5.41) is 12.9. The average Bonchev–Trinajstić information content (AvgIpc) is 2.80. The average molecular weight is 248 g/mol. The quantitative estimate of drug-likeness (QED) is 0.895. The van der Waals surface area contributed by atoms with Gasteiger partial charge in [0.25, 0.3) is 0 Å². The number of carboxylic acids is 1. The van der Waals surface area contributed by atoms with E-state index in [-0.39, 0.29) is 11.3 Å². The number of furan rings is 1. The molecule has 0 radical (unpaired) electrons. The molecule has 2 heterocycles. The fourth-order valence-electron chi connectivity index (χ4n) is 2.43. The van der Waals surface area contributed by atoms with Crippen molar-refractivity contribution in [1.82, 2.24) is 10.1 Å². The molecule has 1 N–H and O–H groups in total. The van der Waals surface area contributed by atoms with Crippen LogP contribution in [0.25, 0.3) is 11.4 Å². The molecule has 94 valence electrons. The van der Waals surface area contributed by atoms with Gasteiger partial charge in [-0.15, -0.1) is 0 Å². The Morgan fingerprint density at radius 1 is 1.50 bits per heavy atom. The van der Waals surface area contributed by atoms with Gasteiger partial charge < -0.3 is 14.0 Å². The van der Waals surface area contributed by atoms with E-state index in [0.717, 1.165) is 5.56 Å². The van der Waals surface area contributed by atoms with Gasteiger partial charge in [0.2, 0.25) is 11.7 Å². The van der Waals surface area contributed by atoms with Gasteiger partial charge >= 0.3 is 5.97 Å². The summed E-state index contributed by atoms with van der Waals surface area (Å²) in [6.45, 7) is 3.77. The Bertz CT molecular complexity index is 585. The first-order chi connectivity index (χ1) is 8.51. The topological polar surface area (TPSA) is 89.4 Å². The lowest BCUT2D eigenvalue weighted by molar-refractivity contribution is -0.139. The van der Waals surface area contributed by atoms with Crippen LogP contribution in [-0.4, -0.2) is 21.2 Å². The second-order valence-corrected chi connectivity index (χ2v) is 5.08. The molecular weight excluding hydrogens is 236 g/mol. The standard InChI is InChI=1S/C12H12N2O4/c1-12(2)7(8(12)11(15)16)10-13-9(14-18-10)6-3-4-17-5-6/h3-5,7-8H,1-2H3,(H,15,16). The molecule has 6 heteroatoms. The van der Waals surface area contributed by atoms with Gasteiger partial charge in [0, 0.05) is 0 Å². The molecule has 0 aromatic carbocycles. The van der Waals surface area contributed by atoms with Gasteiger partial charge in [-0.3, -0.25) is 4.79 Å². The zero-order valence-corrected chi connectivity index (χ0v) is 9.95. The lowest BCUT2D eigenvalue weighted by Gasteiger charge is -1.96. The number of aromatic nitrogens is 2. The van der Waals surface area contributed by atoms with E-state index in [2.05, 4.69) is 10.1 Å². The fraction of sp³-hybridized carbons (Fsp3) is 0.417. The predicted molar refractivity (Wildman–Crippen MR) is 59.6 cm³/mol. The molecule has 0 spiro atoms. The van der Waals surface area contributed by atoms with Crippen molar-refractivity contribution < 1.29 is 18.8 Å². The number of hydrogen-bond donors (Lipinski definition) is 1. The maximum Gasteiger partial charge on any atom is 0.307 e. The minimum Gasteiger partial charge on any atom is -0.481 e. The number of carboxylic acid groups (broad SMARTS) is 1. The zero-order valence-electron chi connectivity index (χ0n) is 9.95. The second-order valence-electron chi connectivity index (χ2n) is 5.08. The van der Waals surface area contributed by atoms with Crippen molar-refractivity contribution in [1.29, 1.82) is 0 Å². The van der Waals surface area contributed by atoms with E-state index in [1.807, 2.05) is 13.8 Å². The van der Waals surface area contributed by atoms with Crippen LogP contribution in [0.4, 0.5) is 0 Å². The monoisotopic (exact) mass is 248 g/mol. The summed E-state index contributed by atoms with van der Waals surface area (Å²) >= 11 is 0. The SMILES string of the molecule is CC1(C)C(C(=O)O)C1c1nc(-c2ccoc2)no1. The van der Waals surface area contributed by atoms with Crippen LogP contribution in [-0.2, 0) is 4.79 Å². The van der Waals surface area contributed by atoms with Crippen LogP contribution in [0.1, 0.15) is 25.7 Å². The van der Waals surface area contributed by atoms with Crippen molar-refractivity contribution >= 4 is 5.97 Å². The Balaban J connectivity index is 1.90. The van der Waals surface area contributed by atoms with E-state index in [9.17, 15) is 4.79 Å². The summed E-state index contributed by atoms with van der Waals surface area (Å²) in [6.07, 6.45) is 3.04. The predicted octanol–water partition coefficient (Wildman–Crippen LogP) is 2.15. The lowest BCUT2D eigenvalue weighted by Crippen LogP contribution is -2.03. The van der Waals surface area contributed by atoms with Crippen LogP contribution in [0, 0.1) is 11.3 Å². The minimum atomic E-state index is -0.826. The van der Waals surface area contributed by atoms with Gasteiger partial charge in [-0.05, 0) is 11.5 Å². The van der Waals surface area contributed by atoms with Gasteiger partial charge in [0.15, 0.2) is 0 Å². The third kappa shape index (κ3) is 1.45. The highest BCUT2D eigenvalue weighted by Crippen LogP contribution is 2.64. The summed E-state index contributed by atoms with van der Waals surface area (Å²) in [5.74, 6) is -0.708. The van der Waals surface area contributed by atoms with Gasteiger partial charge in [0.05, 0.1) is 23.7 Å². The molecule has 2 aromatic rings. The lowest BCUT2D eigenvalue weighted by atomic mass is 10.1. The summed E-state index contributed by atoms with van der Waals surface area (Å²) in [4.78, 5) is 15.3. The van der Waals surface area contributed by atoms with Crippen LogP contribution < -0.4 is 0 Å². The van der Waals surface area contributed by atoms with Crippen molar-refractivity contribution in [2.45, 2.75) is 19.8 Å². The Morgan fingerprint density at radius 3 is 2.83 bits per heavy atom. The molecule has 0 aliphatic heterocycles. The van der Waals surface area contributed by atoms with Crippen molar-refractivity contribution in [3.63, 3.8) is 0 Å². The molecule has 0 amide bonds. The second kappa shape index (κ2) is 3.44. The zero-order chi connectivity index (χ0) is 12.9. The molecule has 0 bridgehead atoms. The number of hydrogen-bond acceptors (Lipinski definition) is 5. The molecule has 1 fully saturated rings. The molecule has 0 saturated heterocycles. The number of carbonyl (C=O) groups is 1. The van der Waals surface area contributed by atoms with Crippen LogP contribution in [0.15, 0.2) is 27.5 Å². The Kier molecular flexibility index (Phi) is 2.10. The number of aliphatic carboxylic acids is 1. The van der Waals surface area contributed by atoms with Gasteiger partial charge in [-0.2, -0.15) is 4.98 Å². The highest BCUT2D eigenvalue weighted by Gasteiger charge is 2.65. The van der Waals surface area contributed by atoms with E-state index in [1.165, 1.54) is 12.5 Å². The third-order valence-electron chi connectivity index (χ3n) is 3.58. The maximum atomic E-state index is 11.1. The third-order valence-corrected chi connectivity index (χ3v) is 3.58. The summed E-state index contributed by atoms with van der Waals surface area (Å²) < 4.78 is 10.1. The molecule has 2 unspecified atom stereocenters. The molecule has 1 aliphatic rings. The first-order valence-corrected chi connectivity index (χ1v) is 5.61. The van der Waals surface area contributed by atoms with Gasteiger partial charge in [0.1, 0.15) is 6.26 Å². The minimum absolute atomic E-state index is 0.219. The van der Waals surface area contributed by atoms with Crippen molar-refractivity contribution in [2.75, 3.05) is 0 Å². The van der Waals surface area contributed by atoms with E-state index in [1.54, 1.807) is 6.07 Å². The van der Waals surface area contributed by atoms with E-state index in [0.29, 0.717) is 11.7 Å². The summed E-state index contributed by atoms with van der Waals surface area (Å²) in [5.41, 5.74) is 0.377. The summed E-state index contributed by atoms with van der Waals surface area (Å²) in [7, 11) is 0. The first kappa shape index (κ1) is 11.0. The van der Waals surface area contributed by atoms with Crippen LogP contribution in [0.3, 0.4) is 0 Å². The van der Waals surface area contributed by atoms with Crippen molar-refractivity contribution in [3.8, 4) is 11.4 Å². The van der Waals surface area contributed by atoms with Crippen LogP contribution in [0.5, 0.6) is 0 Å². The van der Waals surface area contributed by atoms with Gasteiger partial charge in [-0.1, -0.05) is 19.0 Å². The van der Waals surface area contributed by atoms with Crippen molar-refractivity contribution in [2.24, 2.45) is 11.3 Å². The fourth-order valence-corrected chi connectivity index (χ4v) is 2.43. The molecule has 6 nitrogen and oxygen atoms in total. The molecule has 18 heavy (non-hydrogen) atoms. The van der Waals surface area contributed by atoms with Crippen molar-refractivity contribution in [3.05, 3.63) is 24.5 Å². The number of rotatable bonds is 3. The Morgan fingerprint density at radius 2 is 2.28 bits per heavy atom. The van der Waals surface area contributed by atoms with Crippen LogP contribution >= 0.6 is 0 Å². The summed E-state index contributed by atoms with van der Waals surface area (Å²) in [6, 6.07) is 1.72. The molecule has 3 rings (SSSR count). The van der Waals surface area contributed by atoms with E-state index < -0.39 is 11.9 Å². The first-order valence-electron chi connectivity index (χ1n) is 5.61. The highest BCUT2D eigenvalue weighted by molar-refractivity contribution is 5.77. The molecular formula is C12H12N2O4. The normalized spacial score (nSPS) is 25.0. The van der Waals surface area contributed by atoms with E-state index >= 15 is 0 Å². The highest BCUT2D eigenvalue weighted by atomic mass is 16.5. The molecule has 1 aliphatic carbocycles. The van der Waals surface area contributed by atoms with E-state index in [4.69, 9.17) is 14.0 Å². The number of nitrogens with zero attached hydrogens (tertiary/aromatic N) is 2. The Labute approximate surface area is 103 Å². The molecule has 2 atom stereocenters. The smallest absolute Gasteiger partial charge is 0.307 e. The van der Waals surface area contributed by atoms with Gasteiger partial charge in [-0.25, -0.2) is 0 Å². The van der Waals surface area contributed by atoms with Crippen LogP contribution in [0.2, 0.25) is 0 Å². The maximum absolute atomic E-state index is 11.1. The largest absolute Gasteiger partial charge is 0.481 e. The molecule has 1 saturated carbocycles.